The first-order chi connectivity index (χ1) is 7.31. The quantitative estimate of drug-likeness (QED) is 0.695. The lowest BCUT2D eigenvalue weighted by Gasteiger charge is -2.02. The summed E-state index contributed by atoms with van der Waals surface area (Å²) in [6, 6.07) is 7.28. The minimum absolute atomic E-state index is 0.586. The number of hydrogen-bond donors (Lipinski definition) is 0. The number of aromatic nitrogens is 2. The second-order valence-corrected chi connectivity index (χ2v) is 3.29. The Hall–Kier alpha value is -2.03. The number of nitrogens with zero attached hydrogens (tertiary/aromatic N) is 2. The molecule has 0 unspecified atom stereocenters. The summed E-state index contributed by atoms with van der Waals surface area (Å²) in [6.07, 6.45) is 4.30. The minimum Gasteiger partial charge on any atom is -0.298 e. The van der Waals surface area contributed by atoms with Crippen LogP contribution in [0.2, 0.25) is 0 Å². The molecule has 0 bridgehead atoms. The fourth-order valence-electron chi connectivity index (χ4n) is 1.34. The van der Waals surface area contributed by atoms with E-state index in [1.807, 2.05) is 25.1 Å². The van der Waals surface area contributed by atoms with Crippen LogP contribution >= 0.6 is 0 Å². The van der Waals surface area contributed by atoms with Crippen molar-refractivity contribution >= 4 is 6.29 Å². The highest BCUT2D eigenvalue weighted by Crippen LogP contribution is 2.17. The topological polar surface area (TPSA) is 42.9 Å². The first-order valence-electron chi connectivity index (χ1n) is 4.64. The van der Waals surface area contributed by atoms with E-state index in [0.29, 0.717) is 11.4 Å². The highest BCUT2D eigenvalue weighted by molar-refractivity contribution is 5.85. The number of benzene rings is 1. The number of aldehydes is 1. The summed E-state index contributed by atoms with van der Waals surface area (Å²) < 4.78 is 0. The molecular weight excluding hydrogens is 188 g/mol. The summed E-state index contributed by atoms with van der Waals surface area (Å²) in [6.45, 7) is 1.93. The van der Waals surface area contributed by atoms with Crippen LogP contribution in [0.1, 0.15) is 15.9 Å². The van der Waals surface area contributed by atoms with Gasteiger partial charge in [-0.25, -0.2) is 9.97 Å². The van der Waals surface area contributed by atoms with Crippen LogP contribution in [0.15, 0.2) is 36.7 Å². The number of carbonyl (C=O) groups excluding carboxylic acids is 1. The highest BCUT2D eigenvalue weighted by atomic mass is 16.1. The summed E-state index contributed by atoms with van der Waals surface area (Å²) in [7, 11) is 0. The van der Waals surface area contributed by atoms with Gasteiger partial charge in [0.1, 0.15) is 0 Å². The molecule has 1 heterocycles. The van der Waals surface area contributed by atoms with Gasteiger partial charge in [0.05, 0.1) is 0 Å². The molecule has 1 aromatic heterocycles. The maximum absolute atomic E-state index is 10.8. The van der Waals surface area contributed by atoms with Crippen LogP contribution in [-0.4, -0.2) is 16.3 Å². The zero-order valence-electron chi connectivity index (χ0n) is 8.34. The van der Waals surface area contributed by atoms with Gasteiger partial charge in [-0.3, -0.25) is 4.79 Å². The molecule has 0 saturated heterocycles. The number of rotatable bonds is 2. The van der Waals surface area contributed by atoms with Gasteiger partial charge in [-0.1, -0.05) is 24.3 Å². The smallest absolute Gasteiger partial charge is 0.159 e. The normalized spacial score (nSPS) is 9.93. The molecule has 0 aliphatic heterocycles. The molecule has 0 aliphatic carbocycles. The standard InChI is InChI=1S/C12H10N2O/c1-9-6-13-12(14-7-9)11-5-3-2-4-10(11)8-15/h2-8H,1H3. The largest absolute Gasteiger partial charge is 0.298 e. The Morgan fingerprint density at radius 3 is 2.47 bits per heavy atom. The van der Waals surface area contributed by atoms with Crippen LogP contribution in [0.4, 0.5) is 0 Å². The van der Waals surface area contributed by atoms with Gasteiger partial charge in [0, 0.05) is 23.5 Å². The van der Waals surface area contributed by atoms with Crippen molar-refractivity contribution in [2.75, 3.05) is 0 Å². The van der Waals surface area contributed by atoms with Crippen LogP contribution in [0.5, 0.6) is 0 Å². The van der Waals surface area contributed by atoms with Crippen molar-refractivity contribution < 1.29 is 4.79 Å². The number of carbonyl (C=O) groups is 1. The molecule has 2 rings (SSSR count). The first kappa shape index (κ1) is 9.52. The van der Waals surface area contributed by atoms with Crippen molar-refractivity contribution in [1.29, 1.82) is 0 Å². The van der Waals surface area contributed by atoms with Gasteiger partial charge in [-0.2, -0.15) is 0 Å². The van der Waals surface area contributed by atoms with Crippen molar-refractivity contribution in [2.45, 2.75) is 6.92 Å². The van der Waals surface area contributed by atoms with E-state index in [0.717, 1.165) is 17.4 Å². The molecule has 0 fully saturated rings. The third-order valence-electron chi connectivity index (χ3n) is 2.11. The van der Waals surface area contributed by atoms with Gasteiger partial charge < -0.3 is 0 Å². The maximum Gasteiger partial charge on any atom is 0.159 e. The molecule has 0 amide bonds. The molecule has 0 aliphatic rings. The lowest BCUT2D eigenvalue weighted by Crippen LogP contribution is -1.93. The van der Waals surface area contributed by atoms with Crippen molar-refractivity contribution in [3.63, 3.8) is 0 Å². The lowest BCUT2D eigenvalue weighted by atomic mass is 10.1. The van der Waals surface area contributed by atoms with Crippen molar-refractivity contribution in [3.8, 4) is 11.4 Å². The molecule has 0 spiro atoms. The molecule has 74 valence electrons. The van der Waals surface area contributed by atoms with E-state index >= 15 is 0 Å². The van der Waals surface area contributed by atoms with Crippen LogP contribution < -0.4 is 0 Å². The second kappa shape index (κ2) is 4.00. The van der Waals surface area contributed by atoms with Gasteiger partial charge in [0.15, 0.2) is 12.1 Å². The molecule has 0 saturated carbocycles. The van der Waals surface area contributed by atoms with E-state index in [4.69, 9.17) is 0 Å². The predicted octanol–water partition coefficient (Wildman–Crippen LogP) is 2.26. The first-order valence-corrected chi connectivity index (χ1v) is 4.64. The SMILES string of the molecule is Cc1cnc(-c2ccccc2C=O)nc1. The minimum atomic E-state index is 0.586. The average molecular weight is 198 g/mol. The Balaban J connectivity index is 2.53. The third-order valence-corrected chi connectivity index (χ3v) is 2.11. The molecule has 15 heavy (non-hydrogen) atoms. The van der Waals surface area contributed by atoms with E-state index in [2.05, 4.69) is 9.97 Å². The van der Waals surface area contributed by atoms with E-state index in [9.17, 15) is 4.79 Å². The zero-order chi connectivity index (χ0) is 10.7. The van der Waals surface area contributed by atoms with E-state index < -0.39 is 0 Å². The summed E-state index contributed by atoms with van der Waals surface area (Å²) in [5, 5.41) is 0. The van der Waals surface area contributed by atoms with E-state index in [-0.39, 0.29) is 0 Å². The number of hydrogen-bond acceptors (Lipinski definition) is 3. The second-order valence-electron chi connectivity index (χ2n) is 3.29. The monoisotopic (exact) mass is 198 g/mol. The van der Waals surface area contributed by atoms with Crippen LogP contribution in [-0.2, 0) is 0 Å². The van der Waals surface area contributed by atoms with Gasteiger partial charge in [-0.05, 0) is 12.5 Å². The Bertz CT molecular complexity index is 477. The fraction of sp³-hybridized carbons (Fsp3) is 0.0833. The van der Waals surface area contributed by atoms with E-state index in [1.165, 1.54) is 0 Å². The molecular formula is C12H10N2O. The molecule has 1 aromatic carbocycles. The van der Waals surface area contributed by atoms with Gasteiger partial charge in [0.2, 0.25) is 0 Å². The summed E-state index contributed by atoms with van der Waals surface area (Å²) in [4.78, 5) is 19.2. The molecule has 3 heteroatoms. The molecule has 0 radical (unpaired) electrons. The fourth-order valence-corrected chi connectivity index (χ4v) is 1.34. The summed E-state index contributed by atoms with van der Waals surface area (Å²) in [5.74, 6) is 0.586. The van der Waals surface area contributed by atoms with Gasteiger partial charge in [-0.15, -0.1) is 0 Å². The highest BCUT2D eigenvalue weighted by Gasteiger charge is 2.05. The Labute approximate surface area is 87.8 Å². The van der Waals surface area contributed by atoms with Crippen molar-refractivity contribution in [1.82, 2.24) is 9.97 Å². The van der Waals surface area contributed by atoms with Crippen molar-refractivity contribution in [2.24, 2.45) is 0 Å². The van der Waals surface area contributed by atoms with Gasteiger partial charge in [0.25, 0.3) is 0 Å². The van der Waals surface area contributed by atoms with Crippen LogP contribution in [0.25, 0.3) is 11.4 Å². The third kappa shape index (κ3) is 1.91. The predicted molar refractivity (Wildman–Crippen MR) is 57.6 cm³/mol. The van der Waals surface area contributed by atoms with Crippen LogP contribution in [0.3, 0.4) is 0 Å². The maximum atomic E-state index is 10.8. The molecule has 2 aromatic rings. The summed E-state index contributed by atoms with van der Waals surface area (Å²) >= 11 is 0. The Kier molecular flexibility index (Phi) is 2.54. The van der Waals surface area contributed by atoms with Gasteiger partial charge >= 0.3 is 0 Å². The average Bonchev–Trinajstić information content (AvgIpc) is 2.30. The number of aryl methyl sites for hydroxylation is 1. The lowest BCUT2D eigenvalue weighted by molar-refractivity contribution is 0.112. The van der Waals surface area contributed by atoms with E-state index in [1.54, 1.807) is 18.5 Å². The Morgan fingerprint density at radius 2 is 1.80 bits per heavy atom. The van der Waals surface area contributed by atoms with Crippen molar-refractivity contribution in [3.05, 3.63) is 47.8 Å². The molecule has 3 nitrogen and oxygen atoms in total. The zero-order valence-corrected chi connectivity index (χ0v) is 8.34. The molecule has 0 atom stereocenters. The molecule has 0 N–H and O–H groups in total. The summed E-state index contributed by atoms with van der Waals surface area (Å²) in [5.41, 5.74) is 2.39. The Morgan fingerprint density at radius 1 is 1.13 bits per heavy atom. The van der Waals surface area contributed by atoms with Crippen LogP contribution in [0, 0.1) is 6.92 Å².